The molecule has 5 heteroatoms. The minimum absolute atomic E-state index is 0.126. The van der Waals surface area contributed by atoms with Gasteiger partial charge in [0.25, 0.3) is 0 Å². The Hall–Kier alpha value is -2.09. The van der Waals surface area contributed by atoms with Crippen molar-refractivity contribution in [2.75, 3.05) is 5.32 Å². The predicted molar refractivity (Wildman–Crippen MR) is 66.0 cm³/mol. The Morgan fingerprint density at radius 2 is 2.33 bits per heavy atom. The van der Waals surface area contributed by atoms with Crippen LogP contribution in [0.2, 0.25) is 0 Å². The van der Waals surface area contributed by atoms with Gasteiger partial charge >= 0.3 is 5.97 Å². The average molecular weight is 245 g/mol. The maximum atomic E-state index is 11.0. The van der Waals surface area contributed by atoms with Gasteiger partial charge in [0.15, 0.2) is 0 Å². The van der Waals surface area contributed by atoms with E-state index in [0.29, 0.717) is 17.9 Å². The van der Waals surface area contributed by atoms with Gasteiger partial charge in [-0.2, -0.15) is 5.26 Å². The molecule has 0 aromatic carbocycles. The number of carboxylic acids is 1. The molecule has 2 atom stereocenters. The molecule has 18 heavy (non-hydrogen) atoms. The zero-order valence-electron chi connectivity index (χ0n) is 9.97. The third-order valence-electron chi connectivity index (χ3n) is 3.24. The fourth-order valence-electron chi connectivity index (χ4n) is 2.33. The second-order valence-electron chi connectivity index (χ2n) is 4.56. The van der Waals surface area contributed by atoms with E-state index in [1.165, 1.54) is 0 Å². The Morgan fingerprint density at radius 1 is 1.50 bits per heavy atom. The molecule has 1 saturated carbocycles. The number of nitrogens with one attached hydrogen (secondary N) is 1. The molecule has 1 aromatic heterocycles. The van der Waals surface area contributed by atoms with E-state index in [2.05, 4.69) is 10.3 Å². The van der Waals surface area contributed by atoms with Crippen LogP contribution in [-0.4, -0.2) is 22.1 Å². The van der Waals surface area contributed by atoms with Crippen molar-refractivity contribution in [1.29, 1.82) is 5.26 Å². The molecule has 0 saturated heterocycles. The van der Waals surface area contributed by atoms with Crippen LogP contribution in [0.1, 0.15) is 31.4 Å². The smallest absolute Gasteiger partial charge is 0.306 e. The highest BCUT2D eigenvalue weighted by Crippen LogP contribution is 2.26. The van der Waals surface area contributed by atoms with Gasteiger partial charge in [0.1, 0.15) is 17.6 Å². The summed E-state index contributed by atoms with van der Waals surface area (Å²) >= 11 is 0. The summed E-state index contributed by atoms with van der Waals surface area (Å²) in [4.78, 5) is 15.1. The molecule has 2 rings (SSSR count). The molecule has 0 aliphatic heterocycles. The van der Waals surface area contributed by atoms with Crippen molar-refractivity contribution in [2.24, 2.45) is 5.92 Å². The Kier molecular flexibility index (Phi) is 3.78. The number of anilines is 1. The summed E-state index contributed by atoms with van der Waals surface area (Å²) in [6, 6.07) is 7.32. The van der Waals surface area contributed by atoms with Gasteiger partial charge in [-0.05, 0) is 31.4 Å². The summed E-state index contributed by atoms with van der Waals surface area (Å²) in [7, 11) is 0. The SMILES string of the molecule is N#Cc1cccc(NC2CCCC(C(=O)O)C2)n1. The van der Waals surface area contributed by atoms with Crippen molar-refractivity contribution < 1.29 is 9.90 Å². The van der Waals surface area contributed by atoms with E-state index in [9.17, 15) is 4.79 Å². The third kappa shape index (κ3) is 2.98. The molecular formula is C13H15N3O2. The number of pyridine rings is 1. The van der Waals surface area contributed by atoms with Crippen LogP contribution >= 0.6 is 0 Å². The van der Waals surface area contributed by atoms with E-state index in [1.54, 1.807) is 18.2 Å². The number of carbonyl (C=O) groups is 1. The monoisotopic (exact) mass is 245 g/mol. The summed E-state index contributed by atoms with van der Waals surface area (Å²) in [6.45, 7) is 0. The minimum Gasteiger partial charge on any atom is -0.481 e. The zero-order valence-corrected chi connectivity index (χ0v) is 9.97. The van der Waals surface area contributed by atoms with Crippen molar-refractivity contribution in [3.8, 4) is 6.07 Å². The molecule has 0 spiro atoms. The van der Waals surface area contributed by atoms with Gasteiger partial charge < -0.3 is 10.4 Å². The van der Waals surface area contributed by atoms with Crippen LogP contribution in [0.3, 0.4) is 0 Å². The highest BCUT2D eigenvalue weighted by Gasteiger charge is 2.26. The second-order valence-corrected chi connectivity index (χ2v) is 4.56. The molecule has 0 bridgehead atoms. The molecule has 2 N–H and O–H groups in total. The fourth-order valence-corrected chi connectivity index (χ4v) is 2.33. The fraction of sp³-hybridized carbons (Fsp3) is 0.462. The van der Waals surface area contributed by atoms with E-state index in [4.69, 9.17) is 10.4 Å². The number of nitrogens with zero attached hydrogens (tertiary/aromatic N) is 2. The van der Waals surface area contributed by atoms with E-state index in [0.717, 1.165) is 19.3 Å². The highest BCUT2D eigenvalue weighted by molar-refractivity contribution is 5.70. The van der Waals surface area contributed by atoms with E-state index in [-0.39, 0.29) is 12.0 Å². The molecule has 1 heterocycles. The molecule has 94 valence electrons. The van der Waals surface area contributed by atoms with Gasteiger partial charge in [-0.3, -0.25) is 4.79 Å². The Morgan fingerprint density at radius 3 is 3.06 bits per heavy atom. The molecule has 1 aliphatic rings. The van der Waals surface area contributed by atoms with Crippen molar-refractivity contribution in [3.63, 3.8) is 0 Å². The Balaban J connectivity index is 2.00. The summed E-state index contributed by atoms with van der Waals surface area (Å²) in [6.07, 6.45) is 3.22. The molecule has 2 unspecified atom stereocenters. The van der Waals surface area contributed by atoms with E-state index >= 15 is 0 Å². The summed E-state index contributed by atoms with van der Waals surface area (Å²) in [5.74, 6) is -0.347. The summed E-state index contributed by atoms with van der Waals surface area (Å²) < 4.78 is 0. The summed E-state index contributed by atoms with van der Waals surface area (Å²) in [5.41, 5.74) is 0.366. The molecule has 0 radical (unpaired) electrons. The first kappa shape index (κ1) is 12.4. The molecule has 0 amide bonds. The lowest BCUT2D eigenvalue weighted by atomic mass is 9.86. The van der Waals surface area contributed by atoms with Crippen LogP contribution in [0, 0.1) is 17.2 Å². The van der Waals surface area contributed by atoms with Gasteiger partial charge in [-0.1, -0.05) is 12.5 Å². The first-order valence-corrected chi connectivity index (χ1v) is 6.05. The van der Waals surface area contributed by atoms with E-state index in [1.807, 2.05) is 6.07 Å². The van der Waals surface area contributed by atoms with Gasteiger partial charge in [0, 0.05) is 6.04 Å². The van der Waals surface area contributed by atoms with Crippen LogP contribution < -0.4 is 5.32 Å². The highest BCUT2D eigenvalue weighted by atomic mass is 16.4. The molecule has 1 aliphatic carbocycles. The number of aromatic nitrogens is 1. The number of aliphatic carboxylic acids is 1. The first-order valence-electron chi connectivity index (χ1n) is 6.05. The van der Waals surface area contributed by atoms with Crippen LogP contribution in [0.5, 0.6) is 0 Å². The average Bonchev–Trinajstić information content (AvgIpc) is 2.39. The molecular weight excluding hydrogens is 230 g/mol. The molecule has 5 nitrogen and oxygen atoms in total. The largest absolute Gasteiger partial charge is 0.481 e. The number of rotatable bonds is 3. The quantitative estimate of drug-likeness (QED) is 0.850. The lowest BCUT2D eigenvalue weighted by Crippen LogP contribution is -2.31. The van der Waals surface area contributed by atoms with Crippen LogP contribution in [0.15, 0.2) is 18.2 Å². The van der Waals surface area contributed by atoms with Crippen LogP contribution in [0.25, 0.3) is 0 Å². The van der Waals surface area contributed by atoms with Gasteiger partial charge in [0.05, 0.1) is 5.92 Å². The molecule has 1 aromatic rings. The Labute approximate surface area is 105 Å². The number of carboxylic acid groups (broad SMARTS) is 1. The van der Waals surface area contributed by atoms with Crippen molar-refractivity contribution in [1.82, 2.24) is 4.98 Å². The zero-order chi connectivity index (χ0) is 13.0. The normalized spacial score (nSPS) is 23.1. The van der Waals surface area contributed by atoms with Gasteiger partial charge in [0.2, 0.25) is 0 Å². The van der Waals surface area contributed by atoms with Gasteiger partial charge in [-0.15, -0.1) is 0 Å². The topological polar surface area (TPSA) is 86.0 Å². The van der Waals surface area contributed by atoms with Crippen LogP contribution in [0.4, 0.5) is 5.82 Å². The molecule has 1 fully saturated rings. The second kappa shape index (κ2) is 5.50. The summed E-state index contributed by atoms with van der Waals surface area (Å²) in [5, 5.41) is 21.0. The minimum atomic E-state index is -0.722. The van der Waals surface area contributed by atoms with Crippen LogP contribution in [-0.2, 0) is 4.79 Å². The maximum absolute atomic E-state index is 11.0. The van der Waals surface area contributed by atoms with Crippen molar-refractivity contribution in [3.05, 3.63) is 23.9 Å². The standard InChI is InChI=1S/C13H15N3O2/c14-8-11-5-2-6-12(16-11)15-10-4-1-3-9(7-10)13(17)18/h2,5-6,9-10H,1,3-4,7H2,(H,15,16)(H,17,18). The van der Waals surface area contributed by atoms with Gasteiger partial charge in [-0.25, -0.2) is 4.98 Å². The first-order chi connectivity index (χ1) is 8.69. The van der Waals surface area contributed by atoms with E-state index < -0.39 is 5.97 Å². The van der Waals surface area contributed by atoms with Crippen molar-refractivity contribution in [2.45, 2.75) is 31.7 Å². The number of nitriles is 1. The third-order valence-corrected chi connectivity index (χ3v) is 3.24. The number of hydrogen-bond donors (Lipinski definition) is 2. The predicted octanol–water partition coefficient (Wildman–Crippen LogP) is 2.01. The number of hydrogen-bond acceptors (Lipinski definition) is 4. The maximum Gasteiger partial charge on any atom is 0.306 e. The lowest BCUT2D eigenvalue weighted by Gasteiger charge is -2.27. The lowest BCUT2D eigenvalue weighted by molar-refractivity contribution is -0.142. The van der Waals surface area contributed by atoms with Crippen molar-refractivity contribution >= 4 is 11.8 Å². The Bertz CT molecular complexity index is 481.